The number of hydrogen-bond donors (Lipinski definition) is 1. The molecule has 0 saturated carbocycles. The first-order valence-corrected chi connectivity index (χ1v) is 8.90. The van der Waals surface area contributed by atoms with Crippen LogP contribution in [-0.4, -0.2) is 42.1 Å². The molecule has 25 heavy (non-hydrogen) atoms. The summed E-state index contributed by atoms with van der Waals surface area (Å²) in [5.41, 5.74) is 3.61. The summed E-state index contributed by atoms with van der Waals surface area (Å²) in [5.74, 6) is 0.550. The highest BCUT2D eigenvalue weighted by molar-refractivity contribution is 5.74. The first-order chi connectivity index (χ1) is 12.1. The molecule has 3 rings (SSSR count). The summed E-state index contributed by atoms with van der Waals surface area (Å²) in [6.07, 6.45) is 3.51. The number of rotatable bonds is 4. The fourth-order valence-electron chi connectivity index (χ4n) is 3.03. The molecule has 2 amide bonds. The molecule has 1 saturated heterocycles. The van der Waals surface area contributed by atoms with Gasteiger partial charge in [0.15, 0.2) is 0 Å². The van der Waals surface area contributed by atoms with Gasteiger partial charge in [0.25, 0.3) is 0 Å². The smallest absolute Gasteiger partial charge is 0.317 e. The molecule has 1 aromatic carbocycles. The Labute approximate surface area is 149 Å². The Morgan fingerprint density at radius 1 is 1.12 bits per heavy atom. The standard InChI is InChI=1S/C20H26N4O/c1-16(2)18-5-7-19(8-6-18)23-10-12-24(13-11-23)20(25)22-15-17-4-3-9-21-14-17/h3-9,14,16H,10-13,15H2,1-2H3,(H,22,25). The van der Waals surface area contributed by atoms with E-state index in [1.165, 1.54) is 11.3 Å². The van der Waals surface area contributed by atoms with E-state index in [0.717, 1.165) is 31.7 Å². The van der Waals surface area contributed by atoms with Gasteiger partial charge in [0.2, 0.25) is 0 Å². The van der Waals surface area contributed by atoms with Gasteiger partial charge in [0.1, 0.15) is 0 Å². The molecule has 2 aromatic rings. The minimum atomic E-state index is -0.00124. The van der Waals surface area contributed by atoms with Gasteiger partial charge in [-0.2, -0.15) is 0 Å². The molecule has 0 bridgehead atoms. The van der Waals surface area contributed by atoms with Gasteiger partial charge in [-0.15, -0.1) is 0 Å². The van der Waals surface area contributed by atoms with Crippen molar-refractivity contribution in [2.75, 3.05) is 31.1 Å². The van der Waals surface area contributed by atoms with Gasteiger partial charge in [0.05, 0.1) is 0 Å². The minimum Gasteiger partial charge on any atom is -0.368 e. The van der Waals surface area contributed by atoms with E-state index in [0.29, 0.717) is 12.5 Å². The molecule has 1 aliphatic rings. The number of benzene rings is 1. The zero-order chi connectivity index (χ0) is 17.6. The number of pyridine rings is 1. The Morgan fingerprint density at radius 3 is 2.44 bits per heavy atom. The highest BCUT2D eigenvalue weighted by atomic mass is 16.2. The predicted molar refractivity (Wildman–Crippen MR) is 101 cm³/mol. The fourth-order valence-corrected chi connectivity index (χ4v) is 3.03. The van der Waals surface area contributed by atoms with Gasteiger partial charge in [-0.25, -0.2) is 4.79 Å². The summed E-state index contributed by atoms with van der Waals surface area (Å²) in [5, 5.41) is 2.97. The van der Waals surface area contributed by atoms with E-state index < -0.39 is 0 Å². The summed E-state index contributed by atoms with van der Waals surface area (Å²) in [6, 6.07) is 12.6. The number of nitrogens with one attached hydrogen (secondary N) is 1. The number of piperazine rings is 1. The SMILES string of the molecule is CC(C)c1ccc(N2CCN(C(=O)NCc3cccnc3)CC2)cc1. The minimum absolute atomic E-state index is 0.00124. The molecule has 0 aliphatic carbocycles. The van der Waals surface area contributed by atoms with Crippen LogP contribution in [0.5, 0.6) is 0 Å². The van der Waals surface area contributed by atoms with Crippen LogP contribution in [0, 0.1) is 0 Å². The van der Waals surface area contributed by atoms with E-state index in [1.54, 1.807) is 12.4 Å². The van der Waals surface area contributed by atoms with Crippen LogP contribution < -0.4 is 10.2 Å². The largest absolute Gasteiger partial charge is 0.368 e. The third-order valence-corrected chi connectivity index (χ3v) is 4.66. The molecule has 132 valence electrons. The summed E-state index contributed by atoms with van der Waals surface area (Å²) in [4.78, 5) is 20.6. The lowest BCUT2D eigenvalue weighted by molar-refractivity contribution is 0.194. The Kier molecular flexibility index (Phi) is 5.53. The van der Waals surface area contributed by atoms with E-state index in [2.05, 4.69) is 53.3 Å². The number of anilines is 1. The second-order valence-electron chi connectivity index (χ2n) is 6.74. The summed E-state index contributed by atoms with van der Waals surface area (Å²) >= 11 is 0. The van der Waals surface area contributed by atoms with Gasteiger partial charge in [0, 0.05) is 50.8 Å². The van der Waals surface area contributed by atoms with E-state index in [1.807, 2.05) is 17.0 Å². The van der Waals surface area contributed by atoms with Crippen molar-refractivity contribution in [2.45, 2.75) is 26.3 Å². The topological polar surface area (TPSA) is 48.5 Å². The number of aromatic nitrogens is 1. The van der Waals surface area contributed by atoms with Gasteiger partial charge in [-0.3, -0.25) is 4.98 Å². The third kappa shape index (κ3) is 4.50. The summed E-state index contributed by atoms with van der Waals surface area (Å²) < 4.78 is 0. The average Bonchev–Trinajstić information content (AvgIpc) is 2.67. The van der Waals surface area contributed by atoms with Crippen molar-refractivity contribution in [1.29, 1.82) is 0 Å². The lowest BCUT2D eigenvalue weighted by Gasteiger charge is -2.36. The summed E-state index contributed by atoms with van der Waals surface area (Å²) in [7, 11) is 0. The highest BCUT2D eigenvalue weighted by Crippen LogP contribution is 2.21. The van der Waals surface area contributed by atoms with Crippen molar-refractivity contribution < 1.29 is 4.79 Å². The van der Waals surface area contributed by atoms with E-state index >= 15 is 0 Å². The lowest BCUT2D eigenvalue weighted by Crippen LogP contribution is -2.51. The maximum Gasteiger partial charge on any atom is 0.317 e. The number of nitrogens with zero attached hydrogens (tertiary/aromatic N) is 3. The van der Waals surface area contributed by atoms with Crippen molar-refractivity contribution in [3.05, 3.63) is 59.9 Å². The Balaban J connectivity index is 1.48. The van der Waals surface area contributed by atoms with Crippen LogP contribution in [0.3, 0.4) is 0 Å². The molecule has 0 spiro atoms. The molecule has 1 fully saturated rings. The Morgan fingerprint density at radius 2 is 1.84 bits per heavy atom. The molecular weight excluding hydrogens is 312 g/mol. The maximum atomic E-state index is 12.3. The molecule has 5 nitrogen and oxygen atoms in total. The van der Waals surface area contributed by atoms with Gasteiger partial charge < -0.3 is 15.1 Å². The molecule has 1 aliphatic heterocycles. The number of hydrogen-bond acceptors (Lipinski definition) is 3. The molecule has 2 heterocycles. The van der Waals surface area contributed by atoms with Crippen LogP contribution >= 0.6 is 0 Å². The molecule has 0 unspecified atom stereocenters. The van der Waals surface area contributed by atoms with Crippen LogP contribution in [-0.2, 0) is 6.54 Å². The molecule has 1 aromatic heterocycles. The van der Waals surface area contributed by atoms with Gasteiger partial charge in [-0.05, 0) is 35.2 Å². The van der Waals surface area contributed by atoms with E-state index in [9.17, 15) is 4.79 Å². The zero-order valence-electron chi connectivity index (χ0n) is 15.0. The first-order valence-electron chi connectivity index (χ1n) is 8.90. The van der Waals surface area contributed by atoms with Crippen LogP contribution in [0.4, 0.5) is 10.5 Å². The molecule has 0 radical (unpaired) electrons. The number of carbonyl (C=O) groups excluding carboxylic acids is 1. The molecule has 1 N–H and O–H groups in total. The summed E-state index contributed by atoms with van der Waals surface area (Å²) in [6.45, 7) is 8.14. The fraction of sp³-hybridized carbons (Fsp3) is 0.400. The van der Waals surface area contributed by atoms with E-state index in [4.69, 9.17) is 0 Å². The van der Waals surface area contributed by atoms with E-state index in [-0.39, 0.29) is 6.03 Å². The third-order valence-electron chi connectivity index (χ3n) is 4.66. The van der Waals surface area contributed by atoms with Crippen molar-refractivity contribution >= 4 is 11.7 Å². The number of urea groups is 1. The highest BCUT2D eigenvalue weighted by Gasteiger charge is 2.21. The first kappa shape index (κ1) is 17.3. The normalized spacial score (nSPS) is 14.7. The van der Waals surface area contributed by atoms with Crippen LogP contribution in [0.15, 0.2) is 48.8 Å². The lowest BCUT2D eigenvalue weighted by atomic mass is 10.0. The number of amides is 2. The van der Waals surface area contributed by atoms with Crippen LogP contribution in [0.2, 0.25) is 0 Å². The second kappa shape index (κ2) is 8.01. The van der Waals surface area contributed by atoms with Gasteiger partial charge >= 0.3 is 6.03 Å². The van der Waals surface area contributed by atoms with Crippen molar-refractivity contribution in [2.24, 2.45) is 0 Å². The molecule has 0 atom stereocenters. The van der Waals surface area contributed by atoms with Gasteiger partial charge in [-0.1, -0.05) is 32.0 Å². The van der Waals surface area contributed by atoms with Crippen molar-refractivity contribution in [3.8, 4) is 0 Å². The number of carbonyl (C=O) groups is 1. The quantitative estimate of drug-likeness (QED) is 0.931. The Hall–Kier alpha value is -2.56. The monoisotopic (exact) mass is 338 g/mol. The molecular formula is C20H26N4O. The Bertz CT molecular complexity index is 677. The van der Waals surface area contributed by atoms with Crippen molar-refractivity contribution in [3.63, 3.8) is 0 Å². The van der Waals surface area contributed by atoms with Crippen molar-refractivity contribution in [1.82, 2.24) is 15.2 Å². The van der Waals surface area contributed by atoms with Crippen LogP contribution in [0.25, 0.3) is 0 Å². The average molecular weight is 338 g/mol. The zero-order valence-corrected chi connectivity index (χ0v) is 15.0. The predicted octanol–water partition coefficient (Wildman–Crippen LogP) is 3.24. The molecule has 5 heteroatoms. The second-order valence-corrected chi connectivity index (χ2v) is 6.74. The van der Waals surface area contributed by atoms with Crippen LogP contribution in [0.1, 0.15) is 30.9 Å². The maximum absolute atomic E-state index is 12.3.